The first kappa shape index (κ1) is 17.9. The van der Waals surface area contributed by atoms with E-state index in [1.165, 1.54) is 19.3 Å². The fraction of sp³-hybridized carbons (Fsp3) is 1.00. The molecular weight excluding hydrogens is 250 g/mol. The van der Waals surface area contributed by atoms with Crippen LogP contribution in [0.5, 0.6) is 0 Å². The van der Waals surface area contributed by atoms with Crippen LogP contribution in [0.1, 0.15) is 74.1 Å². The summed E-state index contributed by atoms with van der Waals surface area (Å²) < 4.78 is 5.84. The summed E-state index contributed by atoms with van der Waals surface area (Å²) in [4.78, 5) is 2.47. The van der Waals surface area contributed by atoms with E-state index in [9.17, 15) is 5.11 Å². The monoisotopic (exact) mass is 285 g/mol. The van der Waals surface area contributed by atoms with Crippen LogP contribution in [-0.2, 0) is 4.74 Å². The first-order valence-electron chi connectivity index (χ1n) is 8.10. The van der Waals surface area contributed by atoms with Gasteiger partial charge < -0.3 is 9.84 Å². The van der Waals surface area contributed by atoms with Gasteiger partial charge in [0.2, 0.25) is 0 Å². The molecule has 0 aromatic carbocycles. The molecule has 1 heterocycles. The molecule has 1 rings (SSSR count). The Bertz CT molecular complexity index is 294. The number of aliphatic hydroxyl groups is 1. The summed E-state index contributed by atoms with van der Waals surface area (Å²) >= 11 is 0. The topological polar surface area (TPSA) is 32.7 Å². The Morgan fingerprint density at radius 1 is 1.15 bits per heavy atom. The molecule has 1 aliphatic rings. The molecule has 120 valence electrons. The van der Waals surface area contributed by atoms with Gasteiger partial charge in [-0.15, -0.1) is 0 Å². The Morgan fingerprint density at radius 2 is 1.65 bits per heavy atom. The molecule has 1 aliphatic heterocycles. The summed E-state index contributed by atoms with van der Waals surface area (Å²) in [6.45, 7) is 16.5. The Labute approximate surface area is 125 Å². The summed E-state index contributed by atoms with van der Waals surface area (Å²) in [5.41, 5.74) is 0.167. The van der Waals surface area contributed by atoms with E-state index in [1.807, 2.05) is 0 Å². The van der Waals surface area contributed by atoms with Crippen molar-refractivity contribution in [3.63, 3.8) is 0 Å². The molecule has 1 saturated heterocycles. The van der Waals surface area contributed by atoms with E-state index in [-0.39, 0.29) is 16.7 Å². The average molecular weight is 285 g/mol. The number of rotatable bonds is 6. The van der Waals surface area contributed by atoms with E-state index < -0.39 is 6.10 Å². The van der Waals surface area contributed by atoms with Crippen LogP contribution < -0.4 is 0 Å². The molecule has 0 aliphatic carbocycles. The van der Waals surface area contributed by atoms with Gasteiger partial charge in [-0.2, -0.15) is 0 Å². The Hall–Kier alpha value is -0.120. The lowest BCUT2D eigenvalue weighted by Crippen LogP contribution is -2.60. The van der Waals surface area contributed by atoms with Gasteiger partial charge in [0.25, 0.3) is 0 Å². The van der Waals surface area contributed by atoms with Gasteiger partial charge in [0, 0.05) is 17.6 Å². The quantitative estimate of drug-likeness (QED) is 0.809. The van der Waals surface area contributed by atoms with Gasteiger partial charge in [-0.1, -0.05) is 6.92 Å². The molecule has 3 nitrogen and oxygen atoms in total. The second-order valence-corrected chi connectivity index (χ2v) is 8.17. The van der Waals surface area contributed by atoms with Gasteiger partial charge in [0.05, 0.1) is 18.3 Å². The van der Waals surface area contributed by atoms with E-state index in [0.29, 0.717) is 13.2 Å². The standard InChI is InChI=1S/C17H35NO2/c1-8-17(6,7)20-13-14(19)12-18-15(2,3)10-9-11-16(18,4)5/h14,19H,8-13H2,1-7H3/t14-/m1/s1. The summed E-state index contributed by atoms with van der Waals surface area (Å²) in [5, 5.41) is 10.4. The molecule has 0 aromatic rings. The van der Waals surface area contributed by atoms with Crippen LogP contribution in [-0.4, -0.2) is 45.9 Å². The Morgan fingerprint density at radius 3 is 2.10 bits per heavy atom. The second-order valence-electron chi connectivity index (χ2n) is 8.17. The van der Waals surface area contributed by atoms with Crippen molar-refractivity contribution in [3.05, 3.63) is 0 Å². The van der Waals surface area contributed by atoms with Gasteiger partial charge >= 0.3 is 0 Å². The van der Waals surface area contributed by atoms with Crippen molar-refractivity contribution < 1.29 is 9.84 Å². The van der Waals surface area contributed by atoms with Crippen LogP contribution >= 0.6 is 0 Å². The fourth-order valence-corrected chi connectivity index (χ4v) is 3.22. The third-order valence-electron chi connectivity index (χ3n) is 4.95. The minimum atomic E-state index is -0.419. The van der Waals surface area contributed by atoms with E-state index in [4.69, 9.17) is 4.74 Å². The minimum absolute atomic E-state index is 0.145. The van der Waals surface area contributed by atoms with Crippen molar-refractivity contribution in [2.24, 2.45) is 0 Å². The van der Waals surface area contributed by atoms with Crippen molar-refractivity contribution in [3.8, 4) is 0 Å². The summed E-state index contributed by atoms with van der Waals surface area (Å²) in [6.07, 6.45) is 4.21. The molecule has 0 bridgehead atoms. The predicted molar refractivity (Wildman–Crippen MR) is 85.0 cm³/mol. The molecule has 1 atom stereocenters. The molecule has 0 aromatic heterocycles. The Kier molecular flexibility index (Phi) is 5.67. The van der Waals surface area contributed by atoms with Gasteiger partial charge in [-0.05, 0) is 67.2 Å². The van der Waals surface area contributed by atoms with Crippen molar-refractivity contribution in [2.75, 3.05) is 13.2 Å². The van der Waals surface area contributed by atoms with Crippen molar-refractivity contribution >= 4 is 0 Å². The van der Waals surface area contributed by atoms with Crippen molar-refractivity contribution in [1.82, 2.24) is 4.90 Å². The van der Waals surface area contributed by atoms with Gasteiger partial charge in [-0.3, -0.25) is 4.90 Å². The zero-order valence-electron chi connectivity index (χ0n) is 14.6. The average Bonchev–Trinajstić information content (AvgIpc) is 2.31. The van der Waals surface area contributed by atoms with E-state index in [1.54, 1.807) is 0 Å². The zero-order chi connectivity index (χ0) is 15.6. The number of hydrogen-bond acceptors (Lipinski definition) is 3. The predicted octanol–water partition coefficient (Wildman–Crippen LogP) is 3.60. The van der Waals surface area contributed by atoms with Crippen LogP contribution in [0, 0.1) is 0 Å². The summed E-state index contributed by atoms with van der Waals surface area (Å²) in [6, 6.07) is 0. The zero-order valence-corrected chi connectivity index (χ0v) is 14.6. The molecule has 0 saturated carbocycles. The molecule has 0 unspecified atom stereocenters. The smallest absolute Gasteiger partial charge is 0.0900 e. The number of likely N-dealkylation sites (tertiary alicyclic amines) is 1. The molecule has 1 N–H and O–H groups in total. The largest absolute Gasteiger partial charge is 0.389 e. The lowest BCUT2D eigenvalue weighted by molar-refractivity contribution is -0.0971. The number of hydrogen-bond donors (Lipinski definition) is 1. The van der Waals surface area contributed by atoms with Crippen LogP contribution in [0.4, 0.5) is 0 Å². The fourth-order valence-electron chi connectivity index (χ4n) is 3.22. The van der Waals surface area contributed by atoms with Gasteiger partial charge in [0.1, 0.15) is 0 Å². The van der Waals surface area contributed by atoms with Crippen LogP contribution in [0.15, 0.2) is 0 Å². The highest BCUT2D eigenvalue weighted by atomic mass is 16.5. The van der Waals surface area contributed by atoms with Gasteiger partial charge in [-0.25, -0.2) is 0 Å². The van der Waals surface area contributed by atoms with Crippen LogP contribution in [0.2, 0.25) is 0 Å². The molecule has 1 fully saturated rings. The molecule has 0 amide bonds. The molecule has 3 heteroatoms. The van der Waals surface area contributed by atoms with E-state index in [0.717, 1.165) is 6.42 Å². The molecular formula is C17H35NO2. The number of aliphatic hydroxyl groups excluding tert-OH is 1. The Balaban J connectivity index is 2.60. The lowest BCUT2D eigenvalue weighted by Gasteiger charge is -2.53. The third-order valence-corrected chi connectivity index (χ3v) is 4.95. The second kappa shape index (κ2) is 6.33. The first-order valence-corrected chi connectivity index (χ1v) is 8.10. The normalized spacial score (nSPS) is 24.6. The lowest BCUT2D eigenvalue weighted by atomic mass is 9.79. The van der Waals surface area contributed by atoms with E-state index in [2.05, 4.69) is 53.4 Å². The SMILES string of the molecule is CCC(C)(C)OC[C@H](O)CN1C(C)(C)CCCC1(C)C. The maximum atomic E-state index is 10.4. The maximum absolute atomic E-state index is 10.4. The molecule has 0 spiro atoms. The van der Waals surface area contributed by atoms with Crippen molar-refractivity contribution in [2.45, 2.75) is 96.9 Å². The molecule has 0 radical (unpaired) electrons. The number of ether oxygens (including phenoxy) is 1. The third kappa shape index (κ3) is 4.71. The van der Waals surface area contributed by atoms with Gasteiger partial charge in [0.15, 0.2) is 0 Å². The minimum Gasteiger partial charge on any atom is -0.389 e. The highest BCUT2D eigenvalue weighted by Crippen LogP contribution is 2.38. The highest BCUT2D eigenvalue weighted by Gasteiger charge is 2.41. The van der Waals surface area contributed by atoms with Crippen LogP contribution in [0.3, 0.4) is 0 Å². The maximum Gasteiger partial charge on any atom is 0.0900 e. The first-order chi connectivity index (χ1) is 9.00. The summed E-state index contributed by atoms with van der Waals surface area (Å²) in [7, 11) is 0. The number of β-amino-alcohol motifs (C(OH)–C–C–N with tert-alkyl or cyclic N) is 1. The molecule has 20 heavy (non-hydrogen) atoms. The number of nitrogens with zero attached hydrogens (tertiary/aromatic N) is 1. The number of piperidine rings is 1. The highest BCUT2D eigenvalue weighted by molar-refractivity contribution is 4.97. The van der Waals surface area contributed by atoms with Crippen LogP contribution in [0.25, 0.3) is 0 Å². The van der Waals surface area contributed by atoms with Crippen molar-refractivity contribution in [1.29, 1.82) is 0 Å². The van der Waals surface area contributed by atoms with E-state index >= 15 is 0 Å². The summed E-state index contributed by atoms with van der Waals surface area (Å²) in [5.74, 6) is 0.